The van der Waals surface area contributed by atoms with E-state index >= 15 is 0 Å². The van der Waals surface area contributed by atoms with Crippen molar-refractivity contribution >= 4 is 0 Å². The summed E-state index contributed by atoms with van der Waals surface area (Å²) in [6.07, 6.45) is 1.18. The van der Waals surface area contributed by atoms with Gasteiger partial charge in [-0.05, 0) is 18.4 Å². The minimum atomic E-state index is -0.445. The van der Waals surface area contributed by atoms with Gasteiger partial charge in [-0.3, -0.25) is 4.79 Å². The average Bonchev–Trinajstić information content (AvgIpc) is 2.41. The molecule has 1 aliphatic carbocycles. The van der Waals surface area contributed by atoms with Crippen LogP contribution in [0.1, 0.15) is 23.8 Å². The molecule has 0 spiro atoms. The van der Waals surface area contributed by atoms with Gasteiger partial charge in [0.25, 0.3) is 5.56 Å². The van der Waals surface area contributed by atoms with E-state index in [0.29, 0.717) is 0 Å². The van der Waals surface area contributed by atoms with Crippen molar-refractivity contribution < 1.29 is 5.11 Å². The molecule has 12 heavy (non-hydrogen) atoms. The van der Waals surface area contributed by atoms with Crippen molar-refractivity contribution in [2.45, 2.75) is 18.9 Å². The van der Waals surface area contributed by atoms with E-state index in [-0.39, 0.29) is 5.56 Å². The van der Waals surface area contributed by atoms with E-state index in [9.17, 15) is 9.90 Å². The molecular formula is C9H11NO2. The predicted molar refractivity (Wildman–Crippen MR) is 45.0 cm³/mol. The number of fused-ring (bicyclic) bond motifs is 1. The molecule has 1 aromatic heterocycles. The number of aliphatic hydroxyl groups excluding tert-OH is 1. The van der Waals surface area contributed by atoms with Crippen LogP contribution in [0.3, 0.4) is 0 Å². The molecule has 1 N–H and O–H groups in total. The fourth-order valence-corrected chi connectivity index (χ4v) is 1.78. The van der Waals surface area contributed by atoms with Crippen LogP contribution in [0.2, 0.25) is 0 Å². The van der Waals surface area contributed by atoms with Crippen LogP contribution >= 0.6 is 0 Å². The van der Waals surface area contributed by atoms with Gasteiger partial charge in [-0.2, -0.15) is 0 Å². The second-order valence-electron chi connectivity index (χ2n) is 3.20. The number of hydrogen-bond donors (Lipinski definition) is 1. The van der Waals surface area contributed by atoms with Crippen LogP contribution in [0.5, 0.6) is 0 Å². The highest BCUT2D eigenvalue weighted by Gasteiger charge is 2.22. The van der Waals surface area contributed by atoms with Crippen molar-refractivity contribution in [2.24, 2.45) is 7.05 Å². The molecule has 64 valence electrons. The average molecular weight is 165 g/mol. The van der Waals surface area contributed by atoms with E-state index in [1.54, 1.807) is 13.1 Å². The highest BCUT2D eigenvalue weighted by atomic mass is 16.3. The fourth-order valence-electron chi connectivity index (χ4n) is 1.78. The number of pyridine rings is 1. The number of aromatic nitrogens is 1. The summed E-state index contributed by atoms with van der Waals surface area (Å²) in [4.78, 5) is 11.2. The van der Waals surface area contributed by atoms with Crippen molar-refractivity contribution in [1.82, 2.24) is 4.57 Å². The zero-order valence-electron chi connectivity index (χ0n) is 6.95. The van der Waals surface area contributed by atoms with E-state index < -0.39 is 6.10 Å². The Morgan fingerprint density at radius 2 is 2.33 bits per heavy atom. The lowest BCUT2D eigenvalue weighted by Crippen LogP contribution is -2.20. The summed E-state index contributed by atoms with van der Waals surface area (Å²) in [6, 6.07) is 3.37. The summed E-state index contributed by atoms with van der Waals surface area (Å²) < 4.78 is 1.53. The Bertz CT molecular complexity index is 367. The molecule has 3 nitrogen and oxygen atoms in total. The molecule has 0 aromatic carbocycles. The Hall–Kier alpha value is -1.09. The van der Waals surface area contributed by atoms with Gasteiger partial charge in [-0.25, -0.2) is 0 Å². The first-order chi connectivity index (χ1) is 5.70. The maximum atomic E-state index is 11.2. The first-order valence-electron chi connectivity index (χ1n) is 4.07. The smallest absolute Gasteiger partial charge is 0.250 e. The van der Waals surface area contributed by atoms with Crippen LogP contribution in [-0.2, 0) is 13.5 Å². The maximum Gasteiger partial charge on any atom is 0.250 e. The van der Waals surface area contributed by atoms with E-state index in [1.165, 1.54) is 4.57 Å². The van der Waals surface area contributed by atoms with Gasteiger partial charge >= 0.3 is 0 Å². The van der Waals surface area contributed by atoms with Crippen molar-refractivity contribution in [3.8, 4) is 0 Å². The molecule has 1 unspecified atom stereocenters. The SMILES string of the molecule is Cn1c2c(ccc1=O)CCC2O. The quantitative estimate of drug-likeness (QED) is 0.603. The number of nitrogens with zero attached hydrogens (tertiary/aromatic N) is 1. The van der Waals surface area contributed by atoms with Crippen LogP contribution in [0, 0.1) is 0 Å². The second kappa shape index (κ2) is 2.45. The normalized spacial score (nSPS) is 21.0. The first kappa shape index (κ1) is 7.55. The summed E-state index contributed by atoms with van der Waals surface area (Å²) in [7, 11) is 1.70. The van der Waals surface area contributed by atoms with Gasteiger partial charge in [0.05, 0.1) is 11.8 Å². The standard InChI is InChI=1S/C9H11NO2/c1-10-8(12)5-3-6-2-4-7(11)9(6)10/h3,5,7,11H,2,4H2,1H3. The number of aliphatic hydroxyl groups is 1. The van der Waals surface area contributed by atoms with Crippen molar-refractivity contribution in [3.05, 3.63) is 33.7 Å². The first-order valence-corrected chi connectivity index (χ1v) is 4.07. The molecule has 0 bridgehead atoms. The fraction of sp³-hybridized carbons (Fsp3) is 0.444. The second-order valence-corrected chi connectivity index (χ2v) is 3.20. The summed E-state index contributed by atoms with van der Waals surface area (Å²) in [5.74, 6) is 0. The number of hydrogen-bond acceptors (Lipinski definition) is 2. The van der Waals surface area contributed by atoms with Crippen LogP contribution in [0.15, 0.2) is 16.9 Å². The van der Waals surface area contributed by atoms with Crippen LogP contribution in [0.25, 0.3) is 0 Å². The molecule has 1 aliphatic rings. The molecule has 0 saturated carbocycles. The van der Waals surface area contributed by atoms with E-state index in [2.05, 4.69) is 0 Å². The predicted octanol–water partition coefficient (Wildman–Crippen LogP) is 0.365. The maximum absolute atomic E-state index is 11.2. The summed E-state index contributed by atoms with van der Waals surface area (Å²) in [5.41, 5.74) is 1.85. The van der Waals surface area contributed by atoms with Gasteiger partial charge < -0.3 is 9.67 Å². The molecule has 0 saturated heterocycles. The molecule has 0 aliphatic heterocycles. The molecule has 0 amide bonds. The third-order valence-corrected chi connectivity index (χ3v) is 2.45. The molecule has 1 atom stereocenters. The van der Waals surface area contributed by atoms with Crippen LogP contribution in [-0.4, -0.2) is 9.67 Å². The summed E-state index contributed by atoms with van der Waals surface area (Å²) in [6.45, 7) is 0. The molecule has 1 aromatic rings. The zero-order chi connectivity index (χ0) is 8.72. The lowest BCUT2D eigenvalue weighted by atomic mass is 10.2. The topological polar surface area (TPSA) is 42.2 Å². The minimum Gasteiger partial charge on any atom is -0.387 e. The molecule has 3 heteroatoms. The lowest BCUT2D eigenvalue weighted by Gasteiger charge is -2.08. The molecule has 2 rings (SSSR count). The molecular weight excluding hydrogens is 154 g/mol. The van der Waals surface area contributed by atoms with Gasteiger partial charge in [-0.1, -0.05) is 6.07 Å². The molecule has 1 heterocycles. The van der Waals surface area contributed by atoms with E-state index in [1.807, 2.05) is 6.07 Å². The van der Waals surface area contributed by atoms with E-state index in [0.717, 1.165) is 24.1 Å². The number of aryl methyl sites for hydroxylation is 1. The third kappa shape index (κ3) is 0.898. The van der Waals surface area contributed by atoms with Gasteiger partial charge in [0.2, 0.25) is 0 Å². The Labute approximate surface area is 70.3 Å². The van der Waals surface area contributed by atoms with Crippen LogP contribution in [0.4, 0.5) is 0 Å². The highest BCUT2D eigenvalue weighted by Crippen LogP contribution is 2.28. The highest BCUT2D eigenvalue weighted by molar-refractivity contribution is 5.27. The van der Waals surface area contributed by atoms with E-state index in [4.69, 9.17) is 0 Å². The Kier molecular flexibility index (Phi) is 1.54. The minimum absolute atomic E-state index is 0.0466. The molecule has 0 fully saturated rings. The third-order valence-electron chi connectivity index (χ3n) is 2.45. The summed E-state index contributed by atoms with van der Waals surface area (Å²) >= 11 is 0. The van der Waals surface area contributed by atoms with Gasteiger partial charge in [0.15, 0.2) is 0 Å². The van der Waals surface area contributed by atoms with Crippen molar-refractivity contribution in [1.29, 1.82) is 0 Å². The Balaban J connectivity index is 2.71. The largest absolute Gasteiger partial charge is 0.387 e. The summed E-state index contributed by atoms with van der Waals surface area (Å²) in [5, 5.41) is 9.53. The van der Waals surface area contributed by atoms with Crippen LogP contribution < -0.4 is 5.56 Å². The Morgan fingerprint density at radius 3 is 3.08 bits per heavy atom. The van der Waals surface area contributed by atoms with Crippen molar-refractivity contribution in [2.75, 3.05) is 0 Å². The molecule has 0 radical (unpaired) electrons. The zero-order valence-corrected chi connectivity index (χ0v) is 6.95. The Morgan fingerprint density at radius 1 is 1.58 bits per heavy atom. The van der Waals surface area contributed by atoms with Gasteiger partial charge in [-0.15, -0.1) is 0 Å². The van der Waals surface area contributed by atoms with Crippen molar-refractivity contribution in [3.63, 3.8) is 0 Å². The van der Waals surface area contributed by atoms with Gasteiger partial charge in [0.1, 0.15) is 0 Å². The monoisotopic (exact) mass is 165 g/mol. The number of rotatable bonds is 0. The van der Waals surface area contributed by atoms with Gasteiger partial charge in [0, 0.05) is 13.1 Å². The lowest BCUT2D eigenvalue weighted by molar-refractivity contribution is 0.171.